The highest BCUT2D eigenvalue weighted by molar-refractivity contribution is 7.21. The van der Waals surface area contributed by atoms with Gasteiger partial charge in [-0.15, -0.1) is 11.3 Å². The smallest absolute Gasteiger partial charge is 0.346 e. The molecule has 4 fully saturated rings. The molecule has 6 rings (SSSR count). The Hall–Kier alpha value is -1.60. The van der Waals surface area contributed by atoms with E-state index in [1.54, 1.807) is 18.2 Å². The van der Waals surface area contributed by atoms with E-state index >= 15 is 0 Å². The zero-order chi connectivity index (χ0) is 18.8. The van der Waals surface area contributed by atoms with Gasteiger partial charge in [0.25, 0.3) is 5.91 Å². The van der Waals surface area contributed by atoms with Crippen molar-refractivity contribution in [2.75, 3.05) is 13.1 Å². The monoisotopic (exact) mass is 394 g/mol. The van der Waals surface area contributed by atoms with E-state index in [1.807, 2.05) is 0 Å². The van der Waals surface area contributed by atoms with Crippen molar-refractivity contribution in [3.8, 4) is 0 Å². The molecule has 3 saturated heterocycles. The molecule has 2 aromatic rings. The molecule has 1 aromatic heterocycles. The van der Waals surface area contributed by atoms with Crippen LogP contribution >= 0.6 is 11.3 Å². The van der Waals surface area contributed by atoms with Crippen LogP contribution in [0.1, 0.15) is 40.9 Å². The van der Waals surface area contributed by atoms with E-state index in [4.69, 9.17) is 0 Å². The highest BCUT2D eigenvalue weighted by Crippen LogP contribution is 2.53. The van der Waals surface area contributed by atoms with E-state index in [1.165, 1.54) is 17.4 Å². The van der Waals surface area contributed by atoms with Gasteiger partial charge in [0.15, 0.2) is 0 Å². The molecule has 1 N–H and O–H groups in total. The van der Waals surface area contributed by atoms with Crippen LogP contribution in [0.25, 0.3) is 10.1 Å². The van der Waals surface area contributed by atoms with Crippen LogP contribution in [0.5, 0.6) is 0 Å². The van der Waals surface area contributed by atoms with Gasteiger partial charge >= 0.3 is 6.18 Å². The van der Waals surface area contributed by atoms with Gasteiger partial charge < -0.3 is 5.32 Å². The first kappa shape index (κ1) is 17.5. The summed E-state index contributed by atoms with van der Waals surface area (Å²) < 4.78 is 39.1. The van der Waals surface area contributed by atoms with Gasteiger partial charge in [-0.2, -0.15) is 13.2 Å². The average molecular weight is 394 g/mol. The largest absolute Gasteiger partial charge is 0.393 e. The maximum Gasteiger partial charge on any atom is 0.393 e. The van der Waals surface area contributed by atoms with Gasteiger partial charge in [-0.3, -0.25) is 9.69 Å². The predicted octanol–water partition coefficient (Wildman–Crippen LogP) is 4.36. The van der Waals surface area contributed by atoms with E-state index in [-0.39, 0.29) is 23.1 Å². The second kappa shape index (κ2) is 5.95. The molecule has 3 nitrogen and oxygen atoms in total. The zero-order valence-corrected chi connectivity index (χ0v) is 15.6. The van der Waals surface area contributed by atoms with Gasteiger partial charge in [-0.05, 0) is 61.7 Å². The first-order chi connectivity index (χ1) is 12.9. The Morgan fingerprint density at radius 1 is 1.26 bits per heavy atom. The Morgan fingerprint density at radius 3 is 2.67 bits per heavy atom. The third kappa shape index (κ3) is 2.95. The topological polar surface area (TPSA) is 32.3 Å². The second-order valence-corrected chi connectivity index (χ2v) is 9.17. The maximum atomic E-state index is 12.9. The lowest BCUT2D eigenvalue weighted by atomic mass is 9.77. The zero-order valence-electron chi connectivity index (χ0n) is 14.8. The third-order valence-corrected chi connectivity index (χ3v) is 7.73. The Balaban J connectivity index is 1.41. The first-order valence-corrected chi connectivity index (χ1v) is 10.3. The third-order valence-electron chi connectivity index (χ3n) is 6.51. The molecule has 4 heterocycles. The molecule has 7 heteroatoms. The Morgan fingerprint density at radius 2 is 2.00 bits per heavy atom. The van der Waals surface area contributed by atoms with Crippen molar-refractivity contribution >= 4 is 27.3 Å². The number of benzene rings is 1. The maximum absolute atomic E-state index is 12.9. The van der Waals surface area contributed by atoms with Gasteiger partial charge in [-0.1, -0.05) is 18.2 Å². The lowest BCUT2D eigenvalue weighted by Gasteiger charge is -2.52. The molecular weight excluding hydrogens is 373 g/mol. The van der Waals surface area contributed by atoms with Crippen LogP contribution in [-0.2, 0) is 6.42 Å². The number of nitrogens with one attached hydrogen (secondary N) is 1. The lowest BCUT2D eigenvalue weighted by molar-refractivity contribution is -0.126. The van der Waals surface area contributed by atoms with Gasteiger partial charge in [0.1, 0.15) is 0 Å². The van der Waals surface area contributed by atoms with Crippen LogP contribution in [0.3, 0.4) is 0 Å². The Kier molecular flexibility index (Phi) is 3.85. The van der Waals surface area contributed by atoms with Crippen molar-refractivity contribution in [1.82, 2.24) is 10.2 Å². The van der Waals surface area contributed by atoms with Crippen molar-refractivity contribution in [1.29, 1.82) is 0 Å². The molecule has 4 aliphatic rings. The molecule has 27 heavy (non-hydrogen) atoms. The van der Waals surface area contributed by atoms with Crippen LogP contribution < -0.4 is 5.32 Å². The fraction of sp³-hybridized carbons (Fsp3) is 0.550. The number of piperidine rings is 3. The van der Waals surface area contributed by atoms with E-state index < -0.39 is 12.6 Å². The minimum Gasteiger partial charge on any atom is -0.346 e. The minimum atomic E-state index is -4.26. The number of alkyl halides is 3. The number of amides is 1. The van der Waals surface area contributed by atoms with Crippen LogP contribution in [0, 0.1) is 5.92 Å². The second-order valence-electron chi connectivity index (χ2n) is 8.12. The Labute approximate surface area is 159 Å². The number of nitrogens with zero attached hydrogens (tertiary/aromatic N) is 1. The molecule has 1 unspecified atom stereocenters. The first-order valence-electron chi connectivity index (χ1n) is 9.50. The summed E-state index contributed by atoms with van der Waals surface area (Å²) in [5.41, 5.74) is 0.389. The Bertz CT molecular complexity index is 894. The number of halogens is 3. The summed E-state index contributed by atoms with van der Waals surface area (Å²) in [6.45, 7) is 2.25. The summed E-state index contributed by atoms with van der Waals surface area (Å²) in [6.07, 6.45) is -0.708. The number of hydrogen-bond acceptors (Lipinski definition) is 3. The molecule has 144 valence electrons. The normalized spacial score (nSPS) is 28.6. The molecule has 2 bridgehead atoms. The SMILES string of the molecule is O=C(NC1C2CCN(CC2)C12CC2)c1cc2cccc(CC(F)(F)F)c2s1. The van der Waals surface area contributed by atoms with Crippen LogP contribution in [0.15, 0.2) is 24.3 Å². The van der Waals surface area contributed by atoms with Crippen molar-refractivity contribution in [2.24, 2.45) is 5.92 Å². The number of carbonyl (C=O) groups is 1. The van der Waals surface area contributed by atoms with Gasteiger partial charge in [0.2, 0.25) is 0 Å². The molecule has 0 radical (unpaired) electrons. The number of rotatable bonds is 3. The van der Waals surface area contributed by atoms with Gasteiger partial charge in [-0.25, -0.2) is 0 Å². The fourth-order valence-electron chi connectivity index (χ4n) is 5.12. The van der Waals surface area contributed by atoms with E-state index in [0.29, 0.717) is 20.9 Å². The van der Waals surface area contributed by atoms with Crippen LogP contribution in [0.4, 0.5) is 13.2 Å². The number of carbonyl (C=O) groups excluding carboxylic acids is 1. The average Bonchev–Trinajstić information content (AvgIpc) is 3.26. The van der Waals surface area contributed by atoms with E-state index in [0.717, 1.165) is 38.8 Å². The minimum absolute atomic E-state index is 0.140. The quantitative estimate of drug-likeness (QED) is 0.839. The number of fused-ring (bicyclic) bond motifs is 3. The lowest BCUT2D eigenvalue weighted by Crippen LogP contribution is -2.65. The molecule has 1 aliphatic carbocycles. The standard InChI is InChI=1S/C20H21F3N2OS/c21-20(22,23)11-14-3-1-2-13-10-15(27-16(13)14)18(26)24-17-12-4-8-25(9-5-12)19(17)6-7-19/h1-3,10,12,17H,4-9,11H2,(H,24,26). The van der Waals surface area contributed by atoms with Crippen LogP contribution in [0.2, 0.25) is 0 Å². The summed E-state index contributed by atoms with van der Waals surface area (Å²) in [4.78, 5) is 16.0. The molecular formula is C20H21F3N2OS. The summed E-state index contributed by atoms with van der Waals surface area (Å²) in [6, 6.07) is 6.81. The number of hydrogen-bond donors (Lipinski definition) is 1. The molecule has 1 spiro atoms. The summed E-state index contributed by atoms with van der Waals surface area (Å²) in [7, 11) is 0. The van der Waals surface area contributed by atoms with Gasteiger partial charge in [0, 0.05) is 10.2 Å². The highest BCUT2D eigenvalue weighted by atomic mass is 32.1. The summed E-state index contributed by atoms with van der Waals surface area (Å²) >= 11 is 1.18. The van der Waals surface area contributed by atoms with Crippen LogP contribution in [-0.4, -0.2) is 41.7 Å². The highest BCUT2D eigenvalue weighted by Gasteiger charge is 2.60. The van der Waals surface area contributed by atoms with Crippen molar-refractivity contribution < 1.29 is 18.0 Å². The van der Waals surface area contributed by atoms with E-state index in [2.05, 4.69) is 10.2 Å². The molecule has 1 amide bonds. The van der Waals surface area contributed by atoms with Crippen molar-refractivity contribution in [3.63, 3.8) is 0 Å². The summed E-state index contributed by atoms with van der Waals surface area (Å²) in [5.74, 6) is 0.385. The predicted molar refractivity (Wildman–Crippen MR) is 99.1 cm³/mol. The molecule has 1 saturated carbocycles. The molecule has 3 aliphatic heterocycles. The summed E-state index contributed by atoms with van der Waals surface area (Å²) in [5, 5.41) is 3.97. The fourth-order valence-corrected chi connectivity index (χ4v) is 6.20. The van der Waals surface area contributed by atoms with Crippen molar-refractivity contribution in [3.05, 3.63) is 34.7 Å². The van der Waals surface area contributed by atoms with Crippen molar-refractivity contribution in [2.45, 2.75) is 49.9 Å². The molecule has 1 atom stereocenters. The van der Waals surface area contributed by atoms with E-state index in [9.17, 15) is 18.0 Å². The van der Waals surface area contributed by atoms with Gasteiger partial charge in [0.05, 0.1) is 17.3 Å². The molecule has 1 aromatic carbocycles. The number of thiophene rings is 1.